The van der Waals surface area contributed by atoms with Gasteiger partial charge in [-0.25, -0.2) is 0 Å². The van der Waals surface area contributed by atoms with Gasteiger partial charge in [-0.3, -0.25) is 4.79 Å². The molecule has 158 valence electrons. The summed E-state index contributed by atoms with van der Waals surface area (Å²) in [5.74, 6) is 1.89. The molecule has 2 saturated heterocycles. The average molecular weight is 402 g/mol. The van der Waals surface area contributed by atoms with Gasteiger partial charge in [0.15, 0.2) is 11.9 Å². The molecule has 4 unspecified atom stereocenters. The number of carbonyl (C=O) groups excluding carboxylic acids is 1. The van der Waals surface area contributed by atoms with Crippen LogP contribution < -0.4 is 0 Å². The number of rotatable bonds is 5. The molecule has 0 aromatic rings. The molecule has 6 aliphatic rings. The molecule has 29 heavy (non-hydrogen) atoms. The maximum atomic E-state index is 13.4. The molecule has 2 saturated carbocycles. The Bertz CT molecular complexity index is 783. The standard InChI is InChI=1S/C23H30O6/c1-6-7-8-10-22-11-9-15(27-20(22)24)23-16-14(22)12-13(17(16)25-4)18(26-5)19(23)28-21(2,3)29-23/h1,9,11,13-19H,7-8,10,12H2,2-5H3/t13?,14?,15-,16-,17?,18+,19+,22?,23-/m0/s1. The number of hydrogen-bond donors (Lipinski definition) is 0. The van der Waals surface area contributed by atoms with E-state index in [-0.39, 0.29) is 42.0 Å². The van der Waals surface area contributed by atoms with E-state index in [9.17, 15) is 4.79 Å². The van der Waals surface area contributed by atoms with Crippen molar-refractivity contribution in [3.63, 3.8) is 0 Å². The molecule has 6 heteroatoms. The summed E-state index contributed by atoms with van der Waals surface area (Å²) in [6.45, 7) is 3.84. The van der Waals surface area contributed by atoms with Gasteiger partial charge in [-0.1, -0.05) is 6.08 Å². The van der Waals surface area contributed by atoms with E-state index >= 15 is 0 Å². The molecule has 0 aromatic heterocycles. The van der Waals surface area contributed by atoms with Crippen molar-refractivity contribution in [2.75, 3.05) is 14.2 Å². The second kappa shape index (κ2) is 6.31. The van der Waals surface area contributed by atoms with Crippen molar-refractivity contribution in [3.8, 4) is 12.3 Å². The number of fused-ring (bicyclic) bond motifs is 2. The first-order chi connectivity index (χ1) is 13.8. The minimum Gasteiger partial charge on any atom is -0.454 e. The molecule has 0 radical (unpaired) electrons. The SMILES string of the molecule is C#CCCCC12C=C[C@H](OC1=O)[C@@]13OC(C)(C)O[C@@H]1[C@H](OC)C1CC2[C@H]3C1OC. The van der Waals surface area contributed by atoms with Crippen molar-refractivity contribution < 1.29 is 28.5 Å². The molecule has 0 aromatic carbocycles. The lowest BCUT2D eigenvalue weighted by atomic mass is 9.63. The van der Waals surface area contributed by atoms with Gasteiger partial charge in [-0.2, -0.15) is 0 Å². The number of esters is 1. The first-order valence-electron chi connectivity index (χ1n) is 10.6. The van der Waals surface area contributed by atoms with Gasteiger partial charge >= 0.3 is 5.97 Å². The van der Waals surface area contributed by atoms with Crippen LogP contribution in [0, 0.1) is 35.5 Å². The molecule has 0 amide bonds. The molecule has 9 atom stereocenters. The lowest BCUT2D eigenvalue weighted by molar-refractivity contribution is -0.222. The first-order valence-corrected chi connectivity index (χ1v) is 10.6. The molecular weight excluding hydrogens is 372 g/mol. The molecule has 6 nitrogen and oxygen atoms in total. The van der Waals surface area contributed by atoms with Crippen molar-refractivity contribution >= 4 is 5.97 Å². The van der Waals surface area contributed by atoms with E-state index < -0.39 is 22.9 Å². The average Bonchev–Trinajstić information content (AvgIpc) is 3.12. The van der Waals surface area contributed by atoms with Crippen molar-refractivity contribution in [2.24, 2.45) is 23.2 Å². The molecule has 1 spiro atoms. The summed E-state index contributed by atoms with van der Waals surface area (Å²) < 4.78 is 31.3. The second-order valence-electron chi connectivity index (χ2n) is 9.61. The van der Waals surface area contributed by atoms with Gasteiger partial charge in [0.05, 0.1) is 17.6 Å². The summed E-state index contributed by atoms with van der Waals surface area (Å²) >= 11 is 0. The van der Waals surface area contributed by atoms with Crippen molar-refractivity contribution in [2.45, 2.75) is 75.3 Å². The van der Waals surface area contributed by atoms with Crippen LogP contribution in [0.2, 0.25) is 0 Å². The zero-order valence-electron chi connectivity index (χ0n) is 17.6. The number of hydrogen-bond acceptors (Lipinski definition) is 6. The largest absolute Gasteiger partial charge is 0.454 e. The van der Waals surface area contributed by atoms with Crippen LogP contribution in [-0.2, 0) is 28.5 Å². The van der Waals surface area contributed by atoms with Crippen molar-refractivity contribution in [1.82, 2.24) is 0 Å². The van der Waals surface area contributed by atoms with E-state index in [0.717, 1.165) is 12.8 Å². The van der Waals surface area contributed by atoms with E-state index in [1.54, 1.807) is 14.2 Å². The fraction of sp³-hybridized carbons (Fsp3) is 0.783. The highest BCUT2D eigenvalue weighted by Gasteiger charge is 2.79. The van der Waals surface area contributed by atoms with E-state index in [4.69, 9.17) is 30.1 Å². The zero-order valence-corrected chi connectivity index (χ0v) is 17.6. The Morgan fingerprint density at radius 2 is 2.03 bits per heavy atom. The predicted octanol–water partition coefficient (Wildman–Crippen LogP) is 2.46. The minimum atomic E-state index is -0.820. The summed E-state index contributed by atoms with van der Waals surface area (Å²) in [5.41, 5.74) is -1.52. The molecule has 6 rings (SSSR count). The highest BCUT2D eigenvalue weighted by Crippen LogP contribution is 2.68. The highest BCUT2D eigenvalue weighted by atomic mass is 16.8. The number of unbranched alkanes of at least 4 members (excludes halogenated alkanes) is 1. The Labute approximate surface area is 172 Å². The van der Waals surface area contributed by atoms with Crippen LogP contribution in [0.25, 0.3) is 0 Å². The first kappa shape index (κ1) is 19.6. The molecule has 4 fully saturated rings. The Morgan fingerprint density at radius 1 is 1.28 bits per heavy atom. The summed E-state index contributed by atoms with van der Waals surface area (Å²) in [6, 6.07) is 0. The van der Waals surface area contributed by atoms with E-state index in [1.165, 1.54) is 0 Å². The van der Waals surface area contributed by atoms with Gasteiger partial charge in [-0.05, 0) is 45.1 Å². The quantitative estimate of drug-likeness (QED) is 0.305. The molecule has 4 bridgehead atoms. The normalized spacial score (nSPS) is 50.7. The maximum Gasteiger partial charge on any atom is 0.316 e. The topological polar surface area (TPSA) is 63.2 Å². The van der Waals surface area contributed by atoms with Crippen LogP contribution in [0.5, 0.6) is 0 Å². The summed E-state index contributed by atoms with van der Waals surface area (Å²) in [6.07, 6.45) is 11.4. The van der Waals surface area contributed by atoms with Gasteiger partial charge in [-0.15, -0.1) is 12.3 Å². The van der Waals surface area contributed by atoms with Gasteiger partial charge in [0, 0.05) is 32.5 Å². The third kappa shape index (κ3) is 2.31. The third-order valence-corrected chi connectivity index (χ3v) is 8.00. The molecule has 3 heterocycles. The maximum absolute atomic E-state index is 13.4. The third-order valence-electron chi connectivity index (χ3n) is 8.00. The second-order valence-corrected chi connectivity index (χ2v) is 9.61. The van der Waals surface area contributed by atoms with E-state index in [1.807, 2.05) is 19.9 Å². The fourth-order valence-corrected chi connectivity index (χ4v) is 7.20. The van der Waals surface area contributed by atoms with Crippen LogP contribution in [0.15, 0.2) is 12.2 Å². The Kier molecular flexibility index (Phi) is 4.25. The predicted molar refractivity (Wildman–Crippen MR) is 104 cm³/mol. The van der Waals surface area contributed by atoms with Gasteiger partial charge < -0.3 is 23.7 Å². The monoisotopic (exact) mass is 402 g/mol. The van der Waals surface area contributed by atoms with Crippen molar-refractivity contribution in [3.05, 3.63) is 12.2 Å². The Morgan fingerprint density at radius 3 is 2.69 bits per heavy atom. The van der Waals surface area contributed by atoms with E-state index in [0.29, 0.717) is 12.8 Å². The summed E-state index contributed by atoms with van der Waals surface area (Å²) in [4.78, 5) is 13.4. The molecule has 3 aliphatic heterocycles. The summed E-state index contributed by atoms with van der Waals surface area (Å²) in [5, 5.41) is 0. The number of carbonyl (C=O) groups is 1. The fourth-order valence-electron chi connectivity index (χ4n) is 7.20. The van der Waals surface area contributed by atoms with Crippen LogP contribution >= 0.6 is 0 Å². The molecule has 3 aliphatic carbocycles. The van der Waals surface area contributed by atoms with E-state index in [2.05, 4.69) is 12.0 Å². The number of methoxy groups -OCH3 is 2. The molecule has 0 N–H and O–H groups in total. The highest BCUT2D eigenvalue weighted by molar-refractivity contribution is 5.82. The smallest absolute Gasteiger partial charge is 0.316 e. The molecular formula is C23H30O6. The number of terminal acetylenes is 1. The zero-order chi connectivity index (χ0) is 20.6. The van der Waals surface area contributed by atoms with Crippen LogP contribution in [0.4, 0.5) is 0 Å². The lowest BCUT2D eigenvalue weighted by Crippen LogP contribution is -2.67. The van der Waals surface area contributed by atoms with Crippen LogP contribution in [-0.4, -0.2) is 56.0 Å². The van der Waals surface area contributed by atoms with Crippen molar-refractivity contribution in [1.29, 1.82) is 0 Å². The van der Waals surface area contributed by atoms with Crippen LogP contribution in [0.3, 0.4) is 0 Å². The Balaban J connectivity index is 1.69. The van der Waals surface area contributed by atoms with Crippen LogP contribution in [0.1, 0.15) is 39.5 Å². The minimum absolute atomic E-state index is 0.0204. The Hall–Kier alpha value is -1.39. The lowest BCUT2D eigenvalue weighted by Gasteiger charge is -2.50. The number of ether oxygens (including phenoxy) is 5. The van der Waals surface area contributed by atoms with Gasteiger partial charge in [0.25, 0.3) is 0 Å². The van der Waals surface area contributed by atoms with Gasteiger partial charge in [0.1, 0.15) is 11.7 Å². The summed E-state index contributed by atoms with van der Waals surface area (Å²) in [7, 11) is 3.47. The van der Waals surface area contributed by atoms with Gasteiger partial charge in [0.2, 0.25) is 0 Å².